The molecule has 0 N–H and O–H groups in total. The lowest BCUT2D eigenvalue weighted by atomic mass is 10.4. The minimum atomic E-state index is -3.38. The summed E-state index contributed by atoms with van der Waals surface area (Å²) >= 11 is 3.74. The van der Waals surface area contributed by atoms with Crippen molar-refractivity contribution in [3.63, 3.8) is 0 Å². The van der Waals surface area contributed by atoms with Crippen molar-refractivity contribution in [3.05, 3.63) is 30.3 Å². The first-order valence-corrected chi connectivity index (χ1v) is 5.12. The second-order valence-electron chi connectivity index (χ2n) is 2.25. The minimum absolute atomic E-state index is 0.252. The average molecular weight is 203 g/mol. The standard InChI is InChI=1S/C7H9NO2S2/c1-8(11)12(9,10)7-5-3-2-4-6-7/h2-6,11H,1H3. The Bertz CT molecular complexity index is 345. The van der Waals surface area contributed by atoms with Crippen molar-refractivity contribution < 1.29 is 8.42 Å². The summed E-state index contributed by atoms with van der Waals surface area (Å²) in [5.74, 6) is 0. The zero-order valence-electron chi connectivity index (χ0n) is 6.51. The van der Waals surface area contributed by atoms with E-state index in [1.165, 1.54) is 19.2 Å². The van der Waals surface area contributed by atoms with Gasteiger partial charge in [0.15, 0.2) is 0 Å². The van der Waals surface area contributed by atoms with Gasteiger partial charge in [-0.15, -0.1) is 3.71 Å². The van der Waals surface area contributed by atoms with Gasteiger partial charge < -0.3 is 0 Å². The molecule has 12 heavy (non-hydrogen) atoms. The molecule has 0 saturated heterocycles. The van der Waals surface area contributed by atoms with E-state index in [1.54, 1.807) is 18.2 Å². The zero-order chi connectivity index (χ0) is 9.19. The van der Waals surface area contributed by atoms with E-state index in [1.807, 2.05) is 0 Å². The fraction of sp³-hybridized carbons (Fsp3) is 0.143. The Hall–Kier alpha value is -0.520. The molecule has 3 nitrogen and oxygen atoms in total. The second kappa shape index (κ2) is 3.47. The Balaban J connectivity index is 3.17. The number of hydrogen-bond donors (Lipinski definition) is 1. The highest BCUT2D eigenvalue weighted by molar-refractivity contribution is 7.99. The third-order valence-corrected chi connectivity index (χ3v) is 3.60. The molecular weight excluding hydrogens is 194 g/mol. The maximum Gasteiger partial charge on any atom is 0.251 e. The van der Waals surface area contributed by atoms with E-state index >= 15 is 0 Å². The Kier molecular flexibility index (Phi) is 2.76. The van der Waals surface area contributed by atoms with Crippen LogP contribution in [0.4, 0.5) is 0 Å². The number of rotatable bonds is 2. The Morgan fingerprint density at radius 2 is 1.75 bits per heavy atom. The molecule has 0 heterocycles. The third kappa shape index (κ3) is 1.80. The van der Waals surface area contributed by atoms with Crippen molar-refractivity contribution in [3.8, 4) is 0 Å². The molecule has 0 saturated carbocycles. The van der Waals surface area contributed by atoms with Crippen LogP contribution in [0.15, 0.2) is 35.2 Å². The van der Waals surface area contributed by atoms with Gasteiger partial charge in [0, 0.05) is 7.05 Å². The molecule has 0 bridgehead atoms. The summed E-state index contributed by atoms with van der Waals surface area (Å²) in [6.07, 6.45) is 0. The molecule has 0 aliphatic rings. The van der Waals surface area contributed by atoms with E-state index in [0.29, 0.717) is 0 Å². The van der Waals surface area contributed by atoms with Crippen molar-refractivity contribution in [1.29, 1.82) is 0 Å². The molecule has 0 unspecified atom stereocenters. The lowest BCUT2D eigenvalue weighted by molar-refractivity contribution is 0.565. The van der Waals surface area contributed by atoms with E-state index in [0.717, 1.165) is 3.71 Å². The molecule has 0 aromatic heterocycles. The van der Waals surface area contributed by atoms with Crippen LogP contribution in [-0.2, 0) is 10.0 Å². The summed E-state index contributed by atoms with van der Waals surface area (Å²) in [7, 11) is -2.00. The molecule has 0 radical (unpaired) electrons. The summed E-state index contributed by atoms with van der Waals surface area (Å²) in [4.78, 5) is 0.252. The predicted octanol–water partition coefficient (Wildman–Crippen LogP) is 1.15. The largest absolute Gasteiger partial charge is 0.251 e. The molecular formula is C7H9NO2S2. The topological polar surface area (TPSA) is 37.4 Å². The Labute approximate surface area is 77.6 Å². The van der Waals surface area contributed by atoms with Gasteiger partial charge in [-0.3, -0.25) is 0 Å². The maximum absolute atomic E-state index is 11.4. The van der Waals surface area contributed by atoms with Crippen LogP contribution < -0.4 is 0 Å². The molecule has 0 fully saturated rings. The molecule has 66 valence electrons. The number of nitrogens with zero attached hydrogens (tertiary/aromatic N) is 1. The van der Waals surface area contributed by atoms with Crippen molar-refractivity contribution in [2.75, 3.05) is 7.05 Å². The number of thiol groups is 1. The van der Waals surface area contributed by atoms with Crippen LogP contribution in [0.5, 0.6) is 0 Å². The highest BCUT2D eigenvalue weighted by atomic mass is 32.3. The molecule has 0 aliphatic carbocycles. The van der Waals surface area contributed by atoms with Gasteiger partial charge in [-0.25, -0.2) is 8.42 Å². The van der Waals surface area contributed by atoms with E-state index in [-0.39, 0.29) is 4.90 Å². The zero-order valence-corrected chi connectivity index (χ0v) is 8.22. The monoisotopic (exact) mass is 203 g/mol. The normalized spacial score (nSPS) is 11.9. The fourth-order valence-electron chi connectivity index (χ4n) is 0.745. The highest BCUT2D eigenvalue weighted by Crippen LogP contribution is 2.13. The van der Waals surface area contributed by atoms with Gasteiger partial charge in [-0.05, 0) is 12.1 Å². The maximum atomic E-state index is 11.4. The third-order valence-electron chi connectivity index (χ3n) is 1.39. The van der Waals surface area contributed by atoms with E-state index in [4.69, 9.17) is 0 Å². The van der Waals surface area contributed by atoms with Gasteiger partial charge in [0.25, 0.3) is 10.0 Å². The first-order chi connectivity index (χ1) is 5.55. The van der Waals surface area contributed by atoms with Crippen LogP contribution in [0.3, 0.4) is 0 Å². The first kappa shape index (κ1) is 9.57. The van der Waals surface area contributed by atoms with Gasteiger partial charge in [0.2, 0.25) is 0 Å². The summed E-state index contributed by atoms with van der Waals surface area (Å²) < 4.78 is 23.7. The first-order valence-electron chi connectivity index (χ1n) is 3.28. The quantitative estimate of drug-likeness (QED) is 0.732. The number of sulfonamides is 1. The lowest BCUT2D eigenvalue weighted by Crippen LogP contribution is -2.16. The van der Waals surface area contributed by atoms with Crippen LogP contribution in [0, 0.1) is 0 Å². The Morgan fingerprint density at radius 3 is 2.17 bits per heavy atom. The van der Waals surface area contributed by atoms with Crippen LogP contribution in [0.1, 0.15) is 0 Å². The predicted molar refractivity (Wildman–Crippen MR) is 50.4 cm³/mol. The molecule has 1 rings (SSSR count). The molecule has 0 aliphatic heterocycles. The average Bonchev–Trinajstić information content (AvgIpc) is 2.06. The smallest absolute Gasteiger partial charge is 0.206 e. The van der Waals surface area contributed by atoms with Crippen LogP contribution in [0.2, 0.25) is 0 Å². The van der Waals surface area contributed by atoms with E-state index in [2.05, 4.69) is 12.8 Å². The van der Waals surface area contributed by atoms with E-state index in [9.17, 15) is 8.42 Å². The summed E-state index contributed by atoms with van der Waals surface area (Å²) in [6.45, 7) is 0. The molecule has 0 spiro atoms. The van der Waals surface area contributed by atoms with Crippen molar-refractivity contribution >= 4 is 22.8 Å². The Morgan fingerprint density at radius 1 is 1.25 bits per heavy atom. The van der Waals surface area contributed by atoms with E-state index < -0.39 is 10.0 Å². The number of benzene rings is 1. The molecule has 0 atom stereocenters. The highest BCUT2D eigenvalue weighted by Gasteiger charge is 2.16. The van der Waals surface area contributed by atoms with Gasteiger partial charge in [-0.1, -0.05) is 31.0 Å². The summed E-state index contributed by atoms with van der Waals surface area (Å²) in [5, 5.41) is 0. The second-order valence-corrected chi connectivity index (χ2v) is 5.09. The van der Waals surface area contributed by atoms with Crippen LogP contribution >= 0.6 is 12.8 Å². The van der Waals surface area contributed by atoms with Crippen LogP contribution in [-0.4, -0.2) is 19.2 Å². The molecule has 1 aromatic rings. The SMILES string of the molecule is CN(S)S(=O)(=O)c1ccccc1. The van der Waals surface area contributed by atoms with Gasteiger partial charge in [0.1, 0.15) is 0 Å². The fourth-order valence-corrected chi connectivity index (χ4v) is 1.83. The van der Waals surface area contributed by atoms with Gasteiger partial charge in [0.05, 0.1) is 4.90 Å². The number of hydrogen-bond acceptors (Lipinski definition) is 3. The van der Waals surface area contributed by atoms with Crippen molar-refractivity contribution in [2.45, 2.75) is 4.90 Å². The summed E-state index contributed by atoms with van der Waals surface area (Å²) in [6, 6.07) is 8.16. The summed E-state index contributed by atoms with van der Waals surface area (Å²) in [5.41, 5.74) is 0. The van der Waals surface area contributed by atoms with Crippen molar-refractivity contribution in [2.24, 2.45) is 0 Å². The minimum Gasteiger partial charge on any atom is -0.206 e. The van der Waals surface area contributed by atoms with Crippen molar-refractivity contribution in [1.82, 2.24) is 3.71 Å². The molecule has 1 aromatic carbocycles. The van der Waals surface area contributed by atoms with Crippen LogP contribution in [0.25, 0.3) is 0 Å². The lowest BCUT2D eigenvalue weighted by Gasteiger charge is -2.08. The van der Waals surface area contributed by atoms with Gasteiger partial charge in [-0.2, -0.15) is 0 Å². The molecule has 5 heteroatoms. The van der Waals surface area contributed by atoms with Gasteiger partial charge >= 0.3 is 0 Å². The molecule has 0 amide bonds.